The third-order valence-corrected chi connectivity index (χ3v) is 8.69. The zero-order valence-electron chi connectivity index (χ0n) is 25.5. The number of carbonyl (C=O) groups excluding carboxylic acids is 2. The molecule has 1 aliphatic heterocycles. The second-order valence-electron chi connectivity index (χ2n) is 12.7. The molecule has 224 valence electrons. The van der Waals surface area contributed by atoms with Gasteiger partial charge < -0.3 is 15.0 Å². The summed E-state index contributed by atoms with van der Waals surface area (Å²) in [4.78, 5) is 31.9. The molecule has 0 bridgehead atoms. The van der Waals surface area contributed by atoms with Gasteiger partial charge in [0, 0.05) is 26.1 Å². The first kappa shape index (κ1) is 31.1. The number of ether oxygens (including phenoxy) is 1. The predicted octanol–water partition coefficient (Wildman–Crippen LogP) is 6.23. The van der Waals surface area contributed by atoms with Crippen LogP contribution in [0, 0.1) is 11.8 Å². The fourth-order valence-electron chi connectivity index (χ4n) is 6.34. The Hall–Kier alpha value is -2.86. The molecule has 1 N–H and O–H groups in total. The highest BCUT2D eigenvalue weighted by molar-refractivity contribution is 5.90. The van der Waals surface area contributed by atoms with Gasteiger partial charge in [-0.2, -0.15) is 0 Å². The van der Waals surface area contributed by atoms with Crippen molar-refractivity contribution in [3.63, 3.8) is 0 Å². The lowest BCUT2D eigenvalue weighted by atomic mass is 9.88. The van der Waals surface area contributed by atoms with Gasteiger partial charge in [-0.05, 0) is 80.7 Å². The minimum absolute atomic E-state index is 0.0183. The van der Waals surface area contributed by atoms with Gasteiger partial charge in [-0.3, -0.25) is 14.5 Å². The van der Waals surface area contributed by atoms with Gasteiger partial charge in [0.15, 0.2) is 0 Å². The SMILES string of the molecule is CC(C)C[C@@H](C(=O)N[C@@H](Cc1ccc(OCc2ccccc2)cc1)C(=O)N1CCCCC1)N(C)CC1CCCCC1. The average Bonchev–Trinajstić information content (AvgIpc) is 3.00. The number of carbonyl (C=O) groups is 2. The maximum Gasteiger partial charge on any atom is 0.245 e. The summed E-state index contributed by atoms with van der Waals surface area (Å²) in [5.41, 5.74) is 2.14. The van der Waals surface area contributed by atoms with E-state index in [2.05, 4.69) is 31.1 Å². The van der Waals surface area contributed by atoms with Crippen molar-refractivity contribution in [1.82, 2.24) is 15.1 Å². The summed E-state index contributed by atoms with van der Waals surface area (Å²) in [5.74, 6) is 1.86. The van der Waals surface area contributed by atoms with Crippen molar-refractivity contribution in [1.29, 1.82) is 0 Å². The zero-order chi connectivity index (χ0) is 29.0. The molecular weight excluding hydrogens is 510 g/mol. The first-order chi connectivity index (χ1) is 19.9. The van der Waals surface area contributed by atoms with Crippen molar-refractivity contribution in [3.8, 4) is 5.75 Å². The standard InChI is InChI=1S/C35H51N3O3/c1-27(2)23-33(37(3)25-29-13-7-4-8-14-29)34(39)36-32(35(40)38-21-11-6-12-22-38)24-28-17-19-31(20-18-28)41-26-30-15-9-5-10-16-30/h5,9-10,15-20,27,29,32-33H,4,6-8,11-14,21-26H2,1-3H3,(H,36,39)/t32-,33-/m0/s1. The van der Waals surface area contributed by atoms with Crippen molar-refractivity contribution in [2.24, 2.45) is 11.8 Å². The molecule has 0 unspecified atom stereocenters. The van der Waals surface area contributed by atoms with Gasteiger partial charge in [0.2, 0.25) is 11.8 Å². The van der Waals surface area contributed by atoms with Crippen LogP contribution in [0.2, 0.25) is 0 Å². The summed E-state index contributed by atoms with van der Waals surface area (Å²) in [6.45, 7) is 7.35. The van der Waals surface area contributed by atoms with Crippen LogP contribution in [-0.2, 0) is 22.6 Å². The van der Waals surface area contributed by atoms with Crippen molar-refractivity contribution in [2.75, 3.05) is 26.7 Å². The van der Waals surface area contributed by atoms with Crippen LogP contribution in [0.25, 0.3) is 0 Å². The van der Waals surface area contributed by atoms with Crippen LogP contribution in [0.1, 0.15) is 82.8 Å². The van der Waals surface area contributed by atoms with Gasteiger partial charge in [0.25, 0.3) is 0 Å². The molecule has 2 fully saturated rings. The minimum atomic E-state index is -0.575. The molecule has 0 radical (unpaired) electrons. The lowest BCUT2D eigenvalue weighted by Crippen LogP contribution is -2.56. The third-order valence-electron chi connectivity index (χ3n) is 8.69. The number of nitrogens with one attached hydrogen (secondary N) is 1. The fraction of sp³-hybridized carbons (Fsp3) is 0.600. The van der Waals surface area contributed by atoms with Crippen LogP contribution < -0.4 is 10.1 Å². The summed E-state index contributed by atoms with van der Waals surface area (Å²) in [5, 5.41) is 3.24. The number of rotatable bonds is 13. The van der Waals surface area contributed by atoms with Crippen molar-refractivity contribution in [3.05, 3.63) is 65.7 Å². The van der Waals surface area contributed by atoms with E-state index in [1.54, 1.807) is 0 Å². The fourth-order valence-corrected chi connectivity index (χ4v) is 6.34. The Morgan fingerprint density at radius 2 is 1.56 bits per heavy atom. The van der Waals surface area contributed by atoms with Crippen LogP contribution >= 0.6 is 0 Å². The third kappa shape index (κ3) is 9.88. The maximum absolute atomic E-state index is 13.9. The van der Waals surface area contributed by atoms with Crippen LogP contribution in [0.5, 0.6) is 5.75 Å². The first-order valence-corrected chi connectivity index (χ1v) is 15.9. The molecule has 1 aliphatic carbocycles. The Morgan fingerprint density at radius 1 is 0.902 bits per heavy atom. The van der Waals surface area contributed by atoms with E-state index in [1.807, 2.05) is 59.5 Å². The van der Waals surface area contributed by atoms with Gasteiger partial charge in [0.05, 0.1) is 6.04 Å². The Balaban J connectivity index is 1.44. The second-order valence-corrected chi connectivity index (χ2v) is 12.7. The Labute approximate surface area is 247 Å². The van der Waals surface area contributed by atoms with Crippen LogP contribution in [-0.4, -0.2) is 60.4 Å². The molecule has 1 heterocycles. The number of benzene rings is 2. The first-order valence-electron chi connectivity index (χ1n) is 15.9. The minimum Gasteiger partial charge on any atom is -0.489 e. The molecule has 6 nitrogen and oxygen atoms in total. The summed E-state index contributed by atoms with van der Waals surface area (Å²) in [7, 11) is 2.09. The molecule has 2 aromatic carbocycles. The van der Waals surface area contributed by atoms with Crippen LogP contribution in [0.3, 0.4) is 0 Å². The molecule has 41 heavy (non-hydrogen) atoms. The van der Waals surface area contributed by atoms with Gasteiger partial charge in [0.1, 0.15) is 18.4 Å². The Morgan fingerprint density at radius 3 is 2.22 bits per heavy atom. The Bertz CT molecular complexity index is 1060. The van der Waals surface area contributed by atoms with E-state index in [4.69, 9.17) is 4.74 Å². The van der Waals surface area contributed by atoms with E-state index < -0.39 is 6.04 Å². The molecule has 2 atom stereocenters. The maximum atomic E-state index is 13.9. The molecule has 0 aromatic heterocycles. The average molecular weight is 562 g/mol. The molecule has 2 aliphatic rings. The molecular formula is C35H51N3O3. The van der Waals surface area contributed by atoms with E-state index in [-0.39, 0.29) is 17.9 Å². The van der Waals surface area contributed by atoms with Gasteiger partial charge >= 0.3 is 0 Å². The summed E-state index contributed by atoms with van der Waals surface area (Å²) >= 11 is 0. The number of amides is 2. The van der Waals surface area contributed by atoms with Crippen molar-refractivity contribution >= 4 is 11.8 Å². The summed E-state index contributed by atoms with van der Waals surface area (Å²) < 4.78 is 5.97. The lowest BCUT2D eigenvalue weighted by Gasteiger charge is -2.35. The second kappa shape index (κ2) is 16.0. The number of hydrogen-bond donors (Lipinski definition) is 1. The summed E-state index contributed by atoms with van der Waals surface area (Å²) in [6.07, 6.45) is 10.9. The molecule has 2 amide bonds. The predicted molar refractivity (Wildman–Crippen MR) is 166 cm³/mol. The zero-order valence-corrected chi connectivity index (χ0v) is 25.5. The van der Waals surface area contributed by atoms with E-state index in [0.717, 1.165) is 62.2 Å². The number of piperidine rings is 1. The summed E-state index contributed by atoms with van der Waals surface area (Å²) in [6, 6.07) is 17.3. The van der Waals surface area contributed by atoms with Crippen molar-refractivity contribution in [2.45, 2.75) is 96.7 Å². The van der Waals surface area contributed by atoms with E-state index in [9.17, 15) is 9.59 Å². The number of likely N-dealkylation sites (N-methyl/N-ethyl adjacent to an activating group) is 1. The highest BCUT2D eigenvalue weighted by Crippen LogP contribution is 2.26. The van der Waals surface area contributed by atoms with Crippen LogP contribution in [0.15, 0.2) is 54.6 Å². The Kier molecular flexibility index (Phi) is 12.1. The highest BCUT2D eigenvalue weighted by atomic mass is 16.5. The van der Waals surface area contributed by atoms with Gasteiger partial charge in [-0.1, -0.05) is 75.6 Å². The van der Waals surface area contributed by atoms with Crippen LogP contribution in [0.4, 0.5) is 0 Å². The molecule has 1 saturated heterocycles. The van der Waals surface area contributed by atoms with Crippen molar-refractivity contribution < 1.29 is 14.3 Å². The van der Waals surface area contributed by atoms with E-state index >= 15 is 0 Å². The monoisotopic (exact) mass is 561 g/mol. The van der Waals surface area contributed by atoms with Gasteiger partial charge in [-0.15, -0.1) is 0 Å². The lowest BCUT2D eigenvalue weighted by molar-refractivity contribution is -0.138. The quantitative estimate of drug-likeness (QED) is 0.315. The number of hydrogen-bond acceptors (Lipinski definition) is 4. The molecule has 1 saturated carbocycles. The molecule has 2 aromatic rings. The van der Waals surface area contributed by atoms with Gasteiger partial charge in [-0.25, -0.2) is 0 Å². The largest absolute Gasteiger partial charge is 0.489 e. The number of likely N-dealkylation sites (tertiary alicyclic amines) is 1. The topological polar surface area (TPSA) is 61.9 Å². The van der Waals surface area contributed by atoms with E-state index in [1.165, 1.54) is 32.1 Å². The normalized spacial score (nSPS) is 17.8. The molecule has 0 spiro atoms. The number of nitrogens with zero attached hydrogens (tertiary/aromatic N) is 2. The van der Waals surface area contributed by atoms with E-state index in [0.29, 0.717) is 24.9 Å². The highest BCUT2D eigenvalue weighted by Gasteiger charge is 2.32. The molecule has 6 heteroatoms. The molecule has 4 rings (SSSR count). The smallest absolute Gasteiger partial charge is 0.245 e.